The van der Waals surface area contributed by atoms with Crippen LogP contribution in [0.25, 0.3) is 0 Å². The number of halogens is 1. The number of hydrogen-bond acceptors (Lipinski definition) is 5. The first-order valence-electron chi connectivity index (χ1n) is 7.00. The first-order valence-corrected chi connectivity index (χ1v) is 7.00. The number of aliphatic carboxylic acids is 1. The van der Waals surface area contributed by atoms with E-state index in [1.54, 1.807) is 18.3 Å². The molecule has 130 valence electrons. The summed E-state index contributed by atoms with van der Waals surface area (Å²) < 4.78 is 0. The molecule has 24 heavy (non-hydrogen) atoms. The number of hydrogen-bond donors (Lipinski definition) is 5. The van der Waals surface area contributed by atoms with Gasteiger partial charge in [-0.2, -0.15) is 0 Å². The lowest BCUT2D eigenvalue weighted by molar-refractivity contribution is -0.142. The van der Waals surface area contributed by atoms with Crippen LogP contribution in [0.15, 0.2) is 36.8 Å². The highest BCUT2D eigenvalue weighted by atomic mass is 35.5. The minimum atomic E-state index is -1.15. The Labute approximate surface area is 144 Å². The topological polar surface area (TPSA) is 141 Å². The molecule has 0 fully saturated rings. The third-order valence-electron chi connectivity index (χ3n) is 3.31. The number of aromatic hydroxyl groups is 1. The number of carboxylic acid groups (broad SMARTS) is 1. The lowest BCUT2D eigenvalue weighted by atomic mass is 10.0. The van der Waals surface area contributed by atoms with E-state index in [4.69, 9.17) is 5.73 Å². The normalized spacial score (nSPS) is 12.7. The number of nitrogens with zero attached hydrogens (tertiary/aromatic N) is 1. The fraction of sp³-hybridized carbons (Fsp3) is 0.267. The lowest BCUT2D eigenvalue weighted by Crippen LogP contribution is -2.50. The molecule has 0 aliphatic heterocycles. The number of nitrogens with two attached hydrogens (primary N) is 1. The maximum atomic E-state index is 12.1. The molecule has 0 aliphatic carbocycles. The zero-order valence-electron chi connectivity index (χ0n) is 12.7. The molecule has 1 heterocycles. The molecular weight excluding hydrogens is 336 g/mol. The number of phenols is 1. The summed E-state index contributed by atoms with van der Waals surface area (Å²) in [5, 5.41) is 20.8. The molecule has 2 aromatic rings. The molecule has 0 radical (unpaired) electrons. The summed E-state index contributed by atoms with van der Waals surface area (Å²) in [4.78, 5) is 30.0. The summed E-state index contributed by atoms with van der Waals surface area (Å²) >= 11 is 0. The van der Waals surface area contributed by atoms with Crippen LogP contribution in [-0.4, -0.2) is 44.1 Å². The molecule has 2 rings (SSSR count). The summed E-state index contributed by atoms with van der Waals surface area (Å²) in [5.74, 6) is -1.59. The van der Waals surface area contributed by atoms with Gasteiger partial charge < -0.3 is 26.2 Å². The number of carbonyl (C=O) groups is 2. The number of H-pyrrole nitrogens is 1. The van der Waals surface area contributed by atoms with Crippen LogP contribution in [-0.2, 0) is 22.4 Å². The highest BCUT2D eigenvalue weighted by Crippen LogP contribution is 2.11. The largest absolute Gasteiger partial charge is 0.508 e. The maximum absolute atomic E-state index is 12.1. The quantitative estimate of drug-likeness (QED) is 0.481. The number of carboxylic acids is 1. The Bertz CT molecular complexity index is 661. The van der Waals surface area contributed by atoms with Gasteiger partial charge in [0.05, 0.1) is 18.1 Å². The number of aromatic nitrogens is 2. The van der Waals surface area contributed by atoms with Crippen molar-refractivity contribution in [2.75, 3.05) is 0 Å². The van der Waals surface area contributed by atoms with Gasteiger partial charge in [-0.05, 0) is 24.1 Å². The molecule has 8 nitrogen and oxygen atoms in total. The third-order valence-corrected chi connectivity index (χ3v) is 3.31. The van der Waals surface area contributed by atoms with Crippen molar-refractivity contribution < 1.29 is 19.8 Å². The number of aromatic amines is 1. The average molecular weight is 355 g/mol. The van der Waals surface area contributed by atoms with Crippen LogP contribution >= 0.6 is 12.4 Å². The molecule has 0 saturated heterocycles. The molecule has 9 heteroatoms. The Morgan fingerprint density at radius 2 is 1.92 bits per heavy atom. The molecule has 0 aliphatic rings. The Morgan fingerprint density at radius 1 is 1.25 bits per heavy atom. The molecule has 6 N–H and O–H groups in total. The van der Waals surface area contributed by atoms with Gasteiger partial charge in [0.25, 0.3) is 0 Å². The van der Waals surface area contributed by atoms with Crippen LogP contribution in [0.5, 0.6) is 5.75 Å². The number of carbonyl (C=O) groups excluding carboxylic acids is 1. The highest BCUT2D eigenvalue weighted by Gasteiger charge is 2.24. The van der Waals surface area contributed by atoms with E-state index in [0.29, 0.717) is 5.69 Å². The zero-order chi connectivity index (χ0) is 16.8. The van der Waals surface area contributed by atoms with Gasteiger partial charge in [0.1, 0.15) is 11.8 Å². The van der Waals surface area contributed by atoms with E-state index >= 15 is 0 Å². The van der Waals surface area contributed by atoms with Crippen LogP contribution < -0.4 is 11.1 Å². The standard InChI is InChI=1S/C15H18N4O4.ClH/c16-12(5-9-1-3-11(20)4-2-9)14(21)19-13(15(22)23)6-10-7-17-8-18-10;/h1-4,7-8,12-13,20H,5-6,16H2,(H,17,18)(H,19,21)(H,22,23);1H. The monoisotopic (exact) mass is 354 g/mol. The number of imidazole rings is 1. The summed E-state index contributed by atoms with van der Waals surface area (Å²) in [7, 11) is 0. The zero-order valence-corrected chi connectivity index (χ0v) is 13.5. The molecule has 2 atom stereocenters. The van der Waals surface area contributed by atoms with Crippen molar-refractivity contribution in [2.24, 2.45) is 5.73 Å². The first-order chi connectivity index (χ1) is 11.0. The molecule has 0 spiro atoms. The second-order valence-corrected chi connectivity index (χ2v) is 5.14. The Kier molecular flexibility index (Phi) is 7.22. The summed E-state index contributed by atoms with van der Waals surface area (Å²) in [6.45, 7) is 0. The third kappa shape index (κ3) is 5.56. The van der Waals surface area contributed by atoms with E-state index in [1.165, 1.54) is 18.5 Å². The number of phenolic OH excluding ortho intramolecular Hbond substituents is 1. The molecular formula is C15H19ClN4O4. The van der Waals surface area contributed by atoms with Gasteiger partial charge in [-0.3, -0.25) is 4.79 Å². The van der Waals surface area contributed by atoms with Gasteiger partial charge in [-0.25, -0.2) is 9.78 Å². The van der Waals surface area contributed by atoms with Crippen molar-refractivity contribution in [3.05, 3.63) is 48.0 Å². The molecule has 1 amide bonds. The van der Waals surface area contributed by atoms with Crippen LogP contribution in [0.4, 0.5) is 0 Å². The Balaban J connectivity index is 0.00000288. The minimum absolute atomic E-state index is 0. The highest BCUT2D eigenvalue weighted by molar-refractivity contribution is 5.87. The van der Waals surface area contributed by atoms with E-state index in [1.807, 2.05) is 0 Å². The number of nitrogens with one attached hydrogen (secondary N) is 2. The molecule has 2 unspecified atom stereocenters. The van der Waals surface area contributed by atoms with Crippen molar-refractivity contribution in [1.82, 2.24) is 15.3 Å². The number of amides is 1. The van der Waals surface area contributed by atoms with Gasteiger partial charge in [0.15, 0.2) is 0 Å². The fourth-order valence-electron chi connectivity index (χ4n) is 2.07. The van der Waals surface area contributed by atoms with Gasteiger partial charge in [-0.15, -0.1) is 12.4 Å². The van der Waals surface area contributed by atoms with E-state index in [0.717, 1.165) is 5.56 Å². The fourth-order valence-corrected chi connectivity index (χ4v) is 2.07. The maximum Gasteiger partial charge on any atom is 0.326 e. The molecule has 0 saturated carbocycles. The minimum Gasteiger partial charge on any atom is -0.508 e. The second-order valence-electron chi connectivity index (χ2n) is 5.14. The smallest absolute Gasteiger partial charge is 0.326 e. The van der Waals surface area contributed by atoms with Gasteiger partial charge in [0.2, 0.25) is 5.91 Å². The van der Waals surface area contributed by atoms with Crippen LogP contribution in [0.2, 0.25) is 0 Å². The van der Waals surface area contributed by atoms with E-state index in [-0.39, 0.29) is 31.0 Å². The predicted octanol–water partition coefficient (Wildman–Crippen LogP) is 0.219. The summed E-state index contributed by atoms with van der Waals surface area (Å²) in [6.07, 6.45) is 3.31. The van der Waals surface area contributed by atoms with Crippen molar-refractivity contribution in [3.8, 4) is 5.75 Å². The summed E-state index contributed by atoms with van der Waals surface area (Å²) in [5.41, 5.74) is 7.12. The van der Waals surface area contributed by atoms with E-state index in [9.17, 15) is 19.8 Å². The van der Waals surface area contributed by atoms with E-state index < -0.39 is 24.0 Å². The number of benzene rings is 1. The van der Waals surface area contributed by atoms with Gasteiger partial charge >= 0.3 is 5.97 Å². The van der Waals surface area contributed by atoms with Crippen molar-refractivity contribution in [2.45, 2.75) is 24.9 Å². The van der Waals surface area contributed by atoms with Gasteiger partial charge in [-0.1, -0.05) is 12.1 Å². The van der Waals surface area contributed by atoms with Crippen LogP contribution in [0.1, 0.15) is 11.3 Å². The van der Waals surface area contributed by atoms with Crippen molar-refractivity contribution >= 4 is 24.3 Å². The molecule has 1 aromatic heterocycles. The van der Waals surface area contributed by atoms with Gasteiger partial charge in [0, 0.05) is 12.6 Å². The van der Waals surface area contributed by atoms with Crippen LogP contribution in [0, 0.1) is 0 Å². The molecule has 0 bridgehead atoms. The summed E-state index contributed by atoms with van der Waals surface area (Å²) in [6, 6.07) is 4.31. The Morgan fingerprint density at radius 3 is 2.46 bits per heavy atom. The average Bonchev–Trinajstić information content (AvgIpc) is 3.01. The van der Waals surface area contributed by atoms with E-state index in [2.05, 4.69) is 15.3 Å². The lowest BCUT2D eigenvalue weighted by Gasteiger charge is -2.17. The Hall–Kier alpha value is -2.58. The second kappa shape index (κ2) is 8.90. The number of rotatable bonds is 7. The van der Waals surface area contributed by atoms with Crippen LogP contribution in [0.3, 0.4) is 0 Å². The molecule has 1 aromatic carbocycles. The predicted molar refractivity (Wildman–Crippen MR) is 88.9 cm³/mol. The van der Waals surface area contributed by atoms with Crippen molar-refractivity contribution in [1.29, 1.82) is 0 Å². The SMILES string of the molecule is Cl.NC(Cc1ccc(O)cc1)C(=O)NC(Cc1c[nH]cn1)C(=O)O. The van der Waals surface area contributed by atoms with Crippen molar-refractivity contribution in [3.63, 3.8) is 0 Å². The first kappa shape index (κ1) is 19.5.